The number of hydrogen-bond acceptors (Lipinski definition) is 2. The van der Waals surface area contributed by atoms with Crippen molar-refractivity contribution >= 4 is 15.9 Å². The standard InChI is InChI=1S/C15H22BrNO/c1-11-7-8-14(16)12(2)15(11)18-10-13-6-4-5-9-17(13)3/h7-8,13H,4-6,9-10H2,1-3H3. The third-order valence-corrected chi connectivity index (χ3v) is 4.74. The molecule has 100 valence electrons. The lowest BCUT2D eigenvalue weighted by atomic mass is 10.0. The molecule has 1 fully saturated rings. The van der Waals surface area contributed by atoms with Crippen LogP contribution in [0.4, 0.5) is 0 Å². The van der Waals surface area contributed by atoms with Crippen LogP contribution in [0.2, 0.25) is 0 Å². The summed E-state index contributed by atoms with van der Waals surface area (Å²) in [6, 6.07) is 4.76. The summed E-state index contributed by atoms with van der Waals surface area (Å²) in [5.41, 5.74) is 2.42. The number of likely N-dealkylation sites (tertiary alicyclic amines) is 1. The molecule has 0 saturated carbocycles. The molecule has 0 bridgehead atoms. The third kappa shape index (κ3) is 3.07. The number of piperidine rings is 1. The maximum absolute atomic E-state index is 6.09. The van der Waals surface area contributed by atoms with Gasteiger partial charge in [-0.25, -0.2) is 0 Å². The van der Waals surface area contributed by atoms with Crippen LogP contribution < -0.4 is 4.74 Å². The minimum atomic E-state index is 0.566. The Hall–Kier alpha value is -0.540. The van der Waals surface area contributed by atoms with Crippen LogP contribution in [0.15, 0.2) is 16.6 Å². The average Bonchev–Trinajstić information content (AvgIpc) is 2.36. The third-order valence-electron chi connectivity index (χ3n) is 3.88. The van der Waals surface area contributed by atoms with Gasteiger partial charge in [-0.1, -0.05) is 28.4 Å². The van der Waals surface area contributed by atoms with E-state index in [1.54, 1.807) is 0 Å². The van der Waals surface area contributed by atoms with Gasteiger partial charge in [0.1, 0.15) is 12.4 Å². The molecule has 3 heteroatoms. The van der Waals surface area contributed by atoms with Gasteiger partial charge in [-0.2, -0.15) is 0 Å². The molecular formula is C15H22BrNO. The van der Waals surface area contributed by atoms with E-state index in [4.69, 9.17) is 4.74 Å². The van der Waals surface area contributed by atoms with Gasteiger partial charge in [0, 0.05) is 16.1 Å². The molecule has 2 rings (SSSR count). The summed E-state index contributed by atoms with van der Waals surface area (Å²) in [7, 11) is 2.20. The fourth-order valence-corrected chi connectivity index (χ4v) is 2.87. The van der Waals surface area contributed by atoms with E-state index in [2.05, 4.69) is 53.9 Å². The number of benzene rings is 1. The van der Waals surface area contributed by atoms with Gasteiger partial charge in [-0.3, -0.25) is 0 Å². The quantitative estimate of drug-likeness (QED) is 0.838. The minimum absolute atomic E-state index is 0.566. The minimum Gasteiger partial charge on any atom is -0.491 e. The summed E-state index contributed by atoms with van der Waals surface area (Å²) < 4.78 is 7.21. The molecule has 0 spiro atoms. The Morgan fingerprint density at radius 1 is 1.33 bits per heavy atom. The van der Waals surface area contributed by atoms with E-state index in [1.165, 1.54) is 36.9 Å². The first-order chi connectivity index (χ1) is 8.59. The summed E-state index contributed by atoms with van der Waals surface area (Å²) in [6.45, 7) is 6.22. The second kappa shape index (κ2) is 6.07. The molecule has 1 aromatic carbocycles. The predicted octanol–water partition coefficient (Wildman–Crippen LogP) is 3.93. The van der Waals surface area contributed by atoms with Crippen molar-refractivity contribution in [2.75, 3.05) is 20.2 Å². The first kappa shape index (κ1) is 13.9. The van der Waals surface area contributed by atoms with E-state index in [0.29, 0.717) is 6.04 Å². The van der Waals surface area contributed by atoms with Gasteiger partial charge in [0.05, 0.1) is 0 Å². The topological polar surface area (TPSA) is 12.5 Å². The molecule has 1 heterocycles. The summed E-state index contributed by atoms with van der Waals surface area (Å²) in [5.74, 6) is 1.04. The highest BCUT2D eigenvalue weighted by molar-refractivity contribution is 9.10. The van der Waals surface area contributed by atoms with Crippen LogP contribution in [0.3, 0.4) is 0 Å². The van der Waals surface area contributed by atoms with Crippen molar-refractivity contribution in [2.45, 2.75) is 39.2 Å². The van der Waals surface area contributed by atoms with Crippen molar-refractivity contribution < 1.29 is 4.74 Å². The van der Waals surface area contributed by atoms with E-state index in [1.807, 2.05) is 0 Å². The Morgan fingerprint density at radius 3 is 2.83 bits per heavy atom. The second-order valence-corrected chi connectivity index (χ2v) is 6.11. The van der Waals surface area contributed by atoms with Gasteiger partial charge in [-0.15, -0.1) is 0 Å². The molecule has 0 N–H and O–H groups in total. The van der Waals surface area contributed by atoms with Crippen molar-refractivity contribution in [3.8, 4) is 5.75 Å². The fraction of sp³-hybridized carbons (Fsp3) is 0.600. The van der Waals surface area contributed by atoms with E-state index in [9.17, 15) is 0 Å². The van der Waals surface area contributed by atoms with Gasteiger partial charge in [0.2, 0.25) is 0 Å². The van der Waals surface area contributed by atoms with Crippen molar-refractivity contribution in [3.05, 3.63) is 27.7 Å². The van der Waals surface area contributed by atoms with Crippen LogP contribution in [0, 0.1) is 13.8 Å². The van der Waals surface area contributed by atoms with Gasteiger partial charge in [-0.05, 0) is 51.9 Å². The lowest BCUT2D eigenvalue weighted by Gasteiger charge is -2.32. The molecule has 1 saturated heterocycles. The number of likely N-dealkylation sites (N-methyl/N-ethyl adjacent to an activating group) is 1. The number of hydrogen-bond donors (Lipinski definition) is 0. The highest BCUT2D eigenvalue weighted by Gasteiger charge is 2.20. The zero-order valence-electron chi connectivity index (χ0n) is 11.5. The molecule has 0 aliphatic carbocycles. The van der Waals surface area contributed by atoms with Crippen LogP contribution in [0.5, 0.6) is 5.75 Å². The molecule has 1 atom stereocenters. The Bertz CT molecular complexity index is 419. The monoisotopic (exact) mass is 311 g/mol. The molecule has 2 nitrogen and oxygen atoms in total. The number of nitrogens with zero attached hydrogens (tertiary/aromatic N) is 1. The molecule has 1 aliphatic rings. The molecule has 1 unspecified atom stereocenters. The van der Waals surface area contributed by atoms with Crippen LogP contribution in [-0.4, -0.2) is 31.1 Å². The zero-order valence-corrected chi connectivity index (χ0v) is 13.1. The summed E-state index contributed by atoms with van der Waals surface area (Å²) in [6.07, 6.45) is 3.90. The fourth-order valence-electron chi connectivity index (χ4n) is 2.56. The number of ether oxygens (including phenoxy) is 1. The van der Waals surface area contributed by atoms with Gasteiger partial charge < -0.3 is 9.64 Å². The Morgan fingerprint density at radius 2 is 2.11 bits per heavy atom. The van der Waals surface area contributed by atoms with Crippen molar-refractivity contribution in [2.24, 2.45) is 0 Å². The van der Waals surface area contributed by atoms with Gasteiger partial charge >= 0.3 is 0 Å². The van der Waals surface area contributed by atoms with Crippen molar-refractivity contribution in [1.29, 1.82) is 0 Å². The number of aryl methyl sites for hydroxylation is 1. The first-order valence-electron chi connectivity index (χ1n) is 6.68. The zero-order chi connectivity index (χ0) is 13.1. The number of halogens is 1. The summed E-state index contributed by atoms with van der Waals surface area (Å²) >= 11 is 3.57. The van der Waals surface area contributed by atoms with E-state index in [-0.39, 0.29) is 0 Å². The predicted molar refractivity (Wildman–Crippen MR) is 79.4 cm³/mol. The van der Waals surface area contributed by atoms with E-state index >= 15 is 0 Å². The van der Waals surface area contributed by atoms with E-state index < -0.39 is 0 Å². The molecular weight excluding hydrogens is 290 g/mol. The highest BCUT2D eigenvalue weighted by Crippen LogP contribution is 2.30. The molecule has 1 aromatic rings. The Balaban J connectivity index is 2.03. The molecule has 0 aromatic heterocycles. The van der Waals surface area contributed by atoms with Crippen LogP contribution in [0.1, 0.15) is 30.4 Å². The van der Waals surface area contributed by atoms with Crippen LogP contribution in [0.25, 0.3) is 0 Å². The van der Waals surface area contributed by atoms with Crippen molar-refractivity contribution in [1.82, 2.24) is 4.90 Å². The van der Waals surface area contributed by atoms with Crippen LogP contribution >= 0.6 is 15.9 Å². The molecule has 0 amide bonds. The largest absolute Gasteiger partial charge is 0.491 e. The molecule has 18 heavy (non-hydrogen) atoms. The molecule has 1 aliphatic heterocycles. The summed E-state index contributed by atoms with van der Waals surface area (Å²) in [4.78, 5) is 2.42. The smallest absolute Gasteiger partial charge is 0.126 e. The van der Waals surface area contributed by atoms with E-state index in [0.717, 1.165) is 16.8 Å². The molecule has 0 radical (unpaired) electrons. The Kier molecular flexibility index (Phi) is 4.68. The Labute approximate surface area is 118 Å². The van der Waals surface area contributed by atoms with Crippen LogP contribution in [-0.2, 0) is 0 Å². The maximum atomic E-state index is 6.09. The lowest BCUT2D eigenvalue weighted by molar-refractivity contribution is 0.124. The van der Waals surface area contributed by atoms with Crippen molar-refractivity contribution in [3.63, 3.8) is 0 Å². The maximum Gasteiger partial charge on any atom is 0.126 e. The normalized spacial score (nSPS) is 21.0. The number of rotatable bonds is 3. The lowest BCUT2D eigenvalue weighted by Crippen LogP contribution is -2.40. The van der Waals surface area contributed by atoms with Gasteiger partial charge in [0.15, 0.2) is 0 Å². The summed E-state index contributed by atoms with van der Waals surface area (Å²) in [5, 5.41) is 0. The highest BCUT2D eigenvalue weighted by atomic mass is 79.9. The first-order valence-corrected chi connectivity index (χ1v) is 7.47. The SMILES string of the molecule is Cc1ccc(Br)c(C)c1OCC1CCCCN1C. The average molecular weight is 312 g/mol. The second-order valence-electron chi connectivity index (χ2n) is 5.26. The van der Waals surface area contributed by atoms with Gasteiger partial charge in [0.25, 0.3) is 0 Å².